The lowest BCUT2D eigenvalue weighted by atomic mass is 9.77. The Hall–Kier alpha value is -2.76. The minimum absolute atomic E-state index is 0.164. The van der Waals surface area contributed by atoms with Gasteiger partial charge in [0.1, 0.15) is 17.6 Å². The lowest BCUT2D eigenvalue weighted by Gasteiger charge is -2.30. The summed E-state index contributed by atoms with van der Waals surface area (Å²) in [5, 5.41) is -1.47. The van der Waals surface area contributed by atoms with Crippen LogP contribution in [0, 0.1) is 22.7 Å². The molecule has 344 valence electrons. The number of amides is 4. The number of esters is 2. The van der Waals surface area contributed by atoms with Crippen LogP contribution in [-0.2, 0) is 44.7 Å². The molecule has 2 aromatic carbocycles. The van der Waals surface area contributed by atoms with E-state index in [1.165, 1.54) is 45.1 Å². The maximum absolute atomic E-state index is 14.4. The SMILES string of the molecule is CCCCSC(=S)SC1C(=O)N(c2ccc(Cc3ccc(N4C(=O)C(SC(=S)SCCCC)C(C(C)(C)C(=O)OCCCCCCOC(=O)C(C)(C)C)C4=O)cc3)cc2)C(=O)C1C. The Bertz CT molecular complexity index is 1970. The molecule has 0 spiro atoms. The largest absolute Gasteiger partial charge is 0.465 e. The molecule has 10 nitrogen and oxygen atoms in total. The van der Waals surface area contributed by atoms with E-state index in [0.717, 1.165) is 61.2 Å². The maximum Gasteiger partial charge on any atom is 0.312 e. The zero-order chi connectivity index (χ0) is 46.5. The second-order valence-electron chi connectivity index (χ2n) is 17.4. The fourth-order valence-electron chi connectivity index (χ4n) is 6.95. The second kappa shape index (κ2) is 24.7. The molecule has 2 aliphatic rings. The minimum Gasteiger partial charge on any atom is -0.465 e. The van der Waals surface area contributed by atoms with Crippen LogP contribution in [0.3, 0.4) is 0 Å². The van der Waals surface area contributed by atoms with Crippen molar-refractivity contribution < 1.29 is 38.2 Å². The Morgan fingerprint density at radius 1 is 0.603 bits per heavy atom. The number of hydrogen-bond donors (Lipinski definition) is 0. The number of hydrogen-bond acceptors (Lipinski definition) is 14. The summed E-state index contributed by atoms with van der Waals surface area (Å²) >= 11 is 16.7. The first-order chi connectivity index (χ1) is 29.8. The summed E-state index contributed by atoms with van der Waals surface area (Å²) in [6.07, 6.45) is 7.47. The number of anilines is 2. The number of imide groups is 2. The van der Waals surface area contributed by atoms with E-state index in [1.807, 2.05) is 45.0 Å². The molecule has 2 aliphatic heterocycles. The smallest absolute Gasteiger partial charge is 0.312 e. The molecule has 2 saturated heterocycles. The van der Waals surface area contributed by atoms with Gasteiger partial charge in [0.25, 0.3) is 0 Å². The molecule has 0 bridgehead atoms. The molecule has 16 heteroatoms. The molecule has 2 aromatic rings. The van der Waals surface area contributed by atoms with E-state index in [4.69, 9.17) is 33.9 Å². The number of carbonyl (C=O) groups is 6. The molecular weight excluding hydrogens is 913 g/mol. The molecule has 0 radical (unpaired) electrons. The van der Waals surface area contributed by atoms with Gasteiger partial charge in [0.15, 0.2) is 0 Å². The summed E-state index contributed by atoms with van der Waals surface area (Å²) in [4.78, 5) is 83.4. The van der Waals surface area contributed by atoms with Gasteiger partial charge in [-0.3, -0.25) is 28.8 Å². The number of benzene rings is 2. The van der Waals surface area contributed by atoms with Crippen molar-refractivity contribution in [2.24, 2.45) is 22.7 Å². The maximum atomic E-state index is 14.4. The third-order valence-corrected chi connectivity index (χ3v) is 16.9. The van der Waals surface area contributed by atoms with Crippen LogP contribution in [-0.4, -0.2) is 77.8 Å². The third-order valence-electron chi connectivity index (χ3n) is 10.9. The Morgan fingerprint density at radius 3 is 1.49 bits per heavy atom. The highest BCUT2D eigenvalue weighted by molar-refractivity contribution is 8.48. The Labute approximate surface area is 401 Å². The lowest BCUT2D eigenvalue weighted by Crippen LogP contribution is -2.43. The quantitative estimate of drug-likeness (QED) is 0.0509. The van der Waals surface area contributed by atoms with Crippen LogP contribution in [0.2, 0.25) is 0 Å². The molecule has 0 aliphatic carbocycles. The van der Waals surface area contributed by atoms with Crippen LogP contribution in [0.4, 0.5) is 11.4 Å². The van der Waals surface area contributed by atoms with Crippen molar-refractivity contribution in [1.82, 2.24) is 0 Å². The number of thioether (sulfide) groups is 4. The summed E-state index contributed by atoms with van der Waals surface area (Å²) in [7, 11) is 0. The zero-order valence-electron chi connectivity index (χ0n) is 37.7. The van der Waals surface area contributed by atoms with Crippen molar-refractivity contribution in [3.05, 3.63) is 59.7 Å². The zero-order valence-corrected chi connectivity index (χ0v) is 42.6. The highest BCUT2D eigenvalue weighted by atomic mass is 32.2. The highest BCUT2D eigenvalue weighted by Gasteiger charge is 2.58. The van der Waals surface area contributed by atoms with Crippen molar-refractivity contribution in [3.8, 4) is 0 Å². The molecule has 4 rings (SSSR count). The van der Waals surface area contributed by atoms with E-state index in [1.54, 1.807) is 56.8 Å². The van der Waals surface area contributed by atoms with Gasteiger partial charge in [-0.25, -0.2) is 9.80 Å². The molecule has 4 unspecified atom stereocenters. The standard InChI is InChI=1S/C47H62N2O8S6/c1-9-11-27-60-44(58)62-36-30(3)38(50)48(40(36)52)33-21-17-31(18-22-33)29-32-19-23-34(24-20-32)49-39(51)35(37(41(49)53)63-45(59)61-28-12-10-2)47(7,8)43(55)57-26-16-14-13-15-25-56-42(54)46(4,5)6/h17-24,30,35-37H,9-16,25-29H2,1-8H3. The van der Waals surface area contributed by atoms with E-state index in [9.17, 15) is 28.8 Å². The molecule has 4 atom stereocenters. The number of carbonyl (C=O) groups excluding carboxylic acids is 6. The normalized spacial score (nSPS) is 19.2. The molecule has 4 amide bonds. The van der Waals surface area contributed by atoms with Crippen LogP contribution in [0.1, 0.15) is 118 Å². The van der Waals surface area contributed by atoms with Gasteiger partial charge in [-0.2, -0.15) is 0 Å². The van der Waals surface area contributed by atoms with Crippen LogP contribution >= 0.6 is 71.5 Å². The molecule has 2 heterocycles. The van der Waals surface area contributed by atoms with Gasteiger partial charge in [0.2, 0.25) is 23.6 Å². The molecular formula is C47H62N2O8S6. The van der Waals surface area contributed by atoms with Crippen LogP contribution < -0.4 is 9.80 Å². The topological polar surface area (TPSA) is 127 Å². The lowest BCUT2D eigenvalue weighted by molar-refractivity contribution is -0.159. The first kappa shape index (κ1) is 52.9. The van der Waals surface area contributed by atoms with Gasteiger partial charge in [-0.15, -0.1) is 23.5 Å². The average Bonchev–Trinajstić information content (AvgIpc) is 3.60. The predicted molar refractivity (Wildman–Crippen MR) is 270 cm³/mol. The van der Waals surface area contributed by atoms with Gasteiger partial charge in [-0.1, -0.05) is 106 Å². The summed E-state index contributed by atoms with van der Waals surface area (Å²) in [5.41, 5.74) is 0.894. The Kier molecular flexibility index (Phi) is 20.7. The number of rotatable bonds is 21. The molecule has 0 N–H and O–H groups in total. The minimum atomic E-state index is -1.34. The highest BCUT2D eigenvalue weighted by Crippen LogP contribution is 2.46. The second-order valence-corrected chi connectivity index (χ2v) is 24.3. The van der Waals surface area contributed by atoms with Gasteiger partial charge < -0.3 is 9.47 Å². The van der Waals surface area contributed by atoms with Crippen molar-refractivity contribution in [2.45, 2.75) is 124 Å². The van der Waals surface area contributed by atoms with Crippen molar-refractivity contribution in [2.75, 3.05) is 34.5 Å². The van der Waals surface area contributed by atoms with E-state index >= 15 is 0 Å². The molecule has 0 aromatic heterocycles. The molecule has 2 fully saturated rings. The van der Waals surface area contributed by atoms with E-state index in [2.05, 4.69) is 13.8 Å². The Balaban J connectivity index is 1.41. The first-order valence-electron chi connectivity index (χ1n) is 21.8. The van der Waals surface area contributed by atoms with Crippen molar-refractivity contribution >= 4 is 125 Å². The Morgan fingerprint density at radius 2 is 1.03 bits per heavy atom. The number of nitrogens with zero attached hydrogens (tertiary/aromatic N) is 2. The summed E-state index contributed by atoms with van der Waals surface area (Å²) < 4.78 is 12.3. The van der Waals surface area contributed by atoms with Crippen molar-refractivity contribution in [1.29, 1.82) is 0 Å². The number of unbranched alkanes of at least 4 members (excludes halogenated alkanes) is 5. The average molecular weight is 975 g/mol. The van der Waals surface area contributed by atoms with Gasteiger partial charge >= 0.3 is 11.9 Å². The van der Waals surface area contributed by atoms with Gasteiger partial charge in [0, 0.05) is 0 Å². The van der Waals surface area contributed by atoms with Crippen LogP contribution in [0.15, 0.2) is 48.5 Å². The van der Waals surface area contributed by atoms with Crippen LogP contribution in [0.25, 0.3) is 0 Å². The molecule has 0 saturated carbocycles. The van der Waals surface area contributed by atoms with Crippen LogP contribution in [0.5, 0.6) is 0 Å². The van der Waals surface area contributed by atoms with Gasteiger partial charge in [-0.05, 0) is 126 Å². The van der Waals surface area contributed by atoms with E-state index < -0.39 is 50.9 Å². The van der Waals surface area contributed by atoms with E-state index in [-0.39, 0.29) is 24.4 Å². The van der Waals surface area contributed by atoms with Gasteiger partial charge in [0.05, 0.1) is 47.3 Å². The fraction of sp³-hybridized carbons (Fsp3) is 0.574. The summed E-state index contributed by atoms with van der Waals surface area (Å²) in [6.45, 7) is 15.2. The third kappa shape index (κ3) is 14.4. The van der Waals surface area contributed by atoms with Crippen molar-refractivity contribution in [3.63, 3.8) is 0 Å². The first-order valence-corrected chi connectivity index (χ1v) is 26.3. The summed E-state index contributed by atoms with van der Waals surface area (Å²) in [6, 6.07) is 14.5. The number of thiocarbonyl (C=S) groups is 2. The summed E-state index contributed by atoms with van der Waals surface area (Å²) in [5.74, 6) is -2.02. The number of ether oxygens (including phenoxy) is 2. The molecule has 63 heavy (non-hydrogen) atoms. The monoisotopic (exact) mass is 974 g/mol. The van der Waals surface area contributed by atoms with E-state index in [0.29, 0.717) is 44.3 Å². The predicted octanol–water partition coefficient (Wildman–Crippen LogP) is 10.8. The fourth-order valence-corrected chi connectivity index (χ4v) is 12.7.